The molecule has 32 heavy (non-hydrogen) atoms. The molecule has 0 amide bonds. The van der Waals surface area contributed by atoms with E-state index in [-0.39, 0.29) is 34.4 Å². The molecule has 0 saturated heterocycles. The van der Waals surface area contributed by atoms with Crippen LogP contribution in [0.1, 0.15) is 57.3 Å². The van der Waals surface area contributed by atoms with Crippen molar-refractivity contribution >= 4 is 17.2 Å². The van der Waals surface area contributed by atoms with Crippen molar-refractivity contribution < 1.29 is 5.11 Å². The minimum atomic E-state index is -0.489. The van der Waals surface area contributed by atoms with Gasteiger partial charge in [-0.2, -0.15) is 10.4 Å². The van der Waals surface area contributed by atoms with Gasteiger partial charge >= 0.3 is 5.56 Å². The van der Waals surface area contributed by atoms with Gasteiger partial charge < -0.3 is 5.11 Å². The fourth-order valence-electron chi connectivity index (χ4n) is 3.79. The van der Waals surface area contributed by atoms with Crippen molar-refractivity contribution in [3.63, 3.8) is 0 Å². The van der Waals surface area contributed by atoms with Crippen molar-refractivity contribution in [2.75, 3.05) is 0 Å². The molecule has 0 aromatic carbocycles. The van der Waals surface area contributed by atoms with Crippen molar-refractivity contribution in [2.24, 2.45) is 10.2 Å². The van der Waals surface area contributed by atoms with Gasteiger partial charge in [0.1, 0.15) is 11.6 Å². The van der Waals surface area contributed by atoms with E-state index < -0.39 is 5.56 Å². The predicted molar refractivity (Wildman–Crippen MR) is 121 cm³/mol. The zero-order valence-electron chi connectivity index (χ0n) is 18.3. The first-order valence-corrected chi connectivity index (χ1v) is 10.5. The lowest BCUT2D eigenvalue weighted by Gasteiger charge is -2.21. The number of rotatable bonds is 4. The summed E-state index contributed by atoms with van der Waals surface area (Å²) in [5, 5.41) is 35.6. The van der Waals surface area contributed by atoms with Crippen LogP contribution in [0.5, 0.6) is 5.88 Å². The summed E-state index contributed by atoms with van der Waals surface area (Å²) < 4.78 is 2.97. The number of aromatic amines is 1. The number of hydrogen-bond acceptors (Lipinski definition) is 6. The lowest BCUT2D eigenvalue weighted by molar-refractivity contribution is 0.366. The molecule has 0 radical (unpaired) electrons. The molecule has 2 N–H and O–H groups in total. The third-order valence-corrected chi connectivity index (χ3v) is 5.39. The minimum absolute atomic E-state index is 0.0767. The Balaban J connectivity index is 1.83. The van der Waals surface area contributed by atoms with E-state index in [0.717, 1.165) is 12.8 Å². The zero-order valence-corrected chi connectivity index (χ0v) is 18.3. The molecular formula is C23H25N7O2. The second-order valence-electron chi connectivity index (χ2n) is 8.72. The van der Waals surface area contributed by atoms with E-state index in [9.17, 15) is 15.2 Å². The zero-order chi connectivity index (χ0) is 22.9. The van der Waals surface area contributed by atoms with Crippen LogP contribution in [0.3, 0.4) is 0 Å². The first-order chi connectivity index (χ1) is 15.3. The van der Waals surface area contributed by atoms with Crippen LogP contribution in [0.25, 0.3) is 5.70 Å². The lowest BCUT2D eigenvalue weighted by atomic mass is 9.90. The summed E-state index contributed by atoms with van der Waals surface area (Å²) in [5.41, 5.74) is 0.538. The highest BCUT2D eigenvalue weighted by Crippen LogP contribution is 2.34. The normalized spacial score (nSPS) is 18.3. The Labute approximate surface area is 185 Å². The highest BCUT2D eigenvalue weighted by atomic mass is 16.3. The second-order valence-corrected chi connectivity index (χ2v) is 8.72. The molecule has 2 aromatic rings. The van der Waals surface area contributed by atoms with Gasteiger partial charge in [-0.05, 0) is 25.3 Å². The summed E-state index contributed by atoms with van der Waals surface area (Å²) in [6.45, 7) is 5.85. The fourth-order valence-corrected chi connectivity index (χ4v) is 3.79. The first-order valence-electron chi connectivity index (χ1n) is 10.5. The van der Waals surface area contributed by atoms with Gasteiger partial charge in [0.2, 0.25) is 17.4 Å². The van der Waals surface area contributed by atoms with E-state index in [2.05, 4.69) is 26.5 Å². The Bertz CT molecular complexity index is 1280. The number of hydrogen-bond donors (Lipinski definition) is 2. The van der Waals surface area contributed by atoms with Gasteiger partial charge in [-0.1, -0.05) is 57.2 Å². The first kappa shape index (κ1) is 21.3. The lowest BCUT2D eigenvalue weighted by Crippen LogP contribution is -2.25. The highest BCUT2D eigenvalue weighted by molar-refractivity contribution is 5.61. The van der Waals surface area contributed by atoms with Gasteiger partial charge in [0.15, 0.2) is 0 Å². The summed E-state index contributed by atoms with van der Waals surface area (Å²) in [6.07, 6.45) is 15.8. The summed E-state index contributed by atoms with van der Waals surface area (Å²) in [5.74, 6) is -0.207. The third kappa shape index (κ3) is 3.75. The van der Waals surface area contributed by atoms with Crippen molar-refractivity contribution in [1.82, 2.24) is 19.6 Å². The quantitative estimate of drug-likeness (QED) is 0.667. The highest BCUT2D eigenvalue weighted by Gasteiger charge is 2.27. The Morgan fingerprint density at radius 1 is 1.25 bits per heavy atom. The van der Waals surface area contributed by atoms with E-state index in [1.165, 1.54) is 9.36 Å². The molecule has 0 aliphatic heterocycles. The number of aromatic nitrogens is 4. The molecule has 2 aliphatic carbocycles. The van der Waals surface area contributed by atoms with Crippen molar-refractivity contribution in [3.05, 3.63) is 64.1 Å². The summed E-state index contributed by atoms with van der Waals surface area (Å²) in [6, 6.07) is 1.85. The number of nitrogens with zero attached hydrogens (tertiary/aromatic N) is 6. The third-order valence-electron chi connectivity index (χ3n) is 5.39. The van der Waals surface area contributed by atoms with Gasteiger partial charge in [-0.25, -0.2) is 9.36 Å². The average Bonchev–Trinajstić information content (AvgIpc) is 3.31. The number of azo groups is 1. The molecule has 1 atom stereocenters. The van der Waals surface area contributed by atoms with Crippen LogP contribution < -0.4 is 5.56 Å². The van der Waals surface area contributed by atoms with Crippen LogP contribution in [-0.4, -0.2) is 24.7 Å². The van der Waals surface area contributed by atoms with Gasteiger partial charge in [0.25, 0.3) is 0 Å². The van der Waals surface area contributed by atoms with Crippen LogP contribution in [0, 0.1) is 11.3 Å². The molecule has 0 fully saturated rings. The molecule has 9 nitrogen and oxygen atoms in total. The molecule has 0 spiro atoms. The molecular weight excluding hydrogens is 406 g/mol. The van der Waals surface area contributed by atoms with Crippen LogP contribution in [0.15, 0.2) is 57.6 Å². The van der Waals surface area contributed by atoms with Gasteiger partial charge in [-0.15, -0.1) is 10.2 Å². The molecule has 1 unspecified atom stereocenters. The van der Waals surface area contributed by atoms with Crippen molar-refractivity contribution in [1.29, 1.82) is 5.26 Å². The summed E-state index contributed by atoms with van der Waals surface area (Å²) >= 11 is 0. The number of aromatic hydroxyl groups is 1. The second kappa shape index (κ2) is 8.30. The van der Waals surface area contributed by atoms with Crippen LogP contribution >= 0.6 is 0 Å². The van der Waals surface area contributed by atoms with Crippen LogP contribution in [0.2, 0.25) is 0 Å². The molecule has 4 rings (SSSR count). The molecule has 2 aliphatic rings. The molecule has 164 valence electrons. The molecule has 9 heteroatoms. The van der Waals surface area contributed by atoms with E-state index >= 15 is 0 Å². The Morgan fingerprint density at radius 2 is 2.06 bits per heavy atom. The monoisotopic (exact) mass is 431 g/mol. The van der Waals surface area contributed by atoms with Crippen LogP contribution in [-0.2, 0) is 5.41 Å². The largest absolute Gasteiger partial charge is 0.492 e. The maximum absolute atomic E-state index is 13.3. The number of allylic oxidation sites excluding steroid dienone is 8. The fraction of sp³-hybridized carbons (Fsp3) is 0.348. The Kier molecular flexibility index (Phi) is 5.53. The maximum atomic E-state index is 13.3. The summed E-state index contributed by atoms with van der Waals surface area (Å²) in [4.78, 5) is 13.3. The van der Waals surface area contributed by atoms with E-state index in [4.69, 9.17) is 0 Å². The number of H-pyrrole nitrogens is 1. The predicted octanol–water partition coefficient (Wildman–Crippen LogP) is 4.91. The van der Waals surface area contributed by atoms with Gasteiger partial charge in [0.05, 0.1) is 17.4 Å². The van der Waals surface area contributed by atoms with E-state index in [1.54, 1.807) is 0 Å². The number of nitriles is 1. The Hall–Kier alpha value is -3.93. The average molecular weight is 432 g/mol. The van der Waals surface area contributed by atoms with Gasteiger partial charge in [-0.3, -0.25) is 9.89 Å². The van der Waals surface area contributed by atoms with Crippen LogP contribution in [0.4, 0.5) is 11.5 Å². The standard InChI is InChI=1S/C23H25N7O2/c1-23(2,3)19-17(14-24)20(28-26-19)27-25-18-21(31)29(15-10-6-4-7-11-15)30(22(18)32)16-12-8-5-9-13-16/h4,6-8,10,12-13,15,31H,5,9,11H2,1-3H3,(H,26,28). The summed E-state index contributed by atoms with van der Waals surface area (Å²) in [7, 11) is 0. The smallest absolute Gasteiger partial charge is 0.303 e. The molecule has 0 bridgehead atoms. The van der Waals surface area contributed by atoms with E-state index in [0.29, 0.717) is 17.8 Å². The topological polar surface area (TPSA) is 124 Å². The Morgan fingerprint density at radius 3 is 2.69 bits per heavy atom. The maximum Gasteiger partial charge on any atom is 0.303 e. The molecule has 2 heterocycles. The number of nitrogens with one attached hydrogen (secondary N) is 1. The minimum Gasteiger partial charge on any atom is -0.492 e. The molecule has 2 aromatic heterocycles. The van der Waals surface area contributed by atoms with E-state index in [1.807, 2.05) is 63.3 Å². The van der Waals surface area contributed by atoms with Crippen molar-refractivity contribution in [2.45, 2.75) is 51.5 Å². The van der Waals surface area contributed by atoms with Crippen molar-refractivity contribution in [3.8, 4) is 11.9 Å². The van der Waals surface area contributed by atoms with Gasteiger partial charge in [0, 0.05) is 5.41 Å². The SMILES string of the molecule is CC(C)(C)c1[nH]nc(N=Nc2c(O)n(C3C=CC=CC3)n(C3=CCCC=C3)c2=O)c1C#N. The molecule has 0 saturated carbocycles.